The standard InChI is InChI=1S/C32H44N2O7/c1-5-7-12-22-40-30(38)26-25-28(36)34(20-10-8-9-11-21-35)27(32(25)18-17-31(26,3)41-32)29(37)33(19-6-2)23-13-15-24(39-4)16-14-23/h5-6,13-16,25-27,35H,1-2,7-12,17-22H2,3-4H3/t25-,26-,27?,31+,32?/m0/s1. The van der Waals surface area contributed by atoms with Gasteiger partial charge in [-0.05, 0) is 69.7 Å². The Kier molecular flexibility index (Phi) is 9.92. The molecule has 1 aromatic rings. The second-order valence-corrected chi connectivity index (χ2v) is 11.4. The van der Waals surface area contributed by atoms with Gasteiger partial charge in [-0.15, -0.1) is 13.2 Å². The number of anilines is 1. The Bertz CT molecular complexity index is 1120. The predicted molar refractivity (Wildman–Crippen MR) is 155 cm³/mol. The van der Waals surface area contributed by atoms with Crippen molar-refractivity contribution in [2.24, 2.45) is 11.8 Å². The number of amides is 2. The van der Waals surface area contributed by atoms with E-state index in [0.717, 1.165) is 19.3 Å². The van der Waals surface area contributed by atoms with Gasteiger partial charge in [0.15, 0.2) is 0 Å². The maximum atomic E-state index is 14.5. The first-order valence-corrected chi connectivity index (χ1v) is 14.7. The number of carbonyl (C=O) groups excluding carboxylic acids is 3. The minimum Gasteiger partial charge on any atom is -0.497 e. The van der Waals surface area contributed by atoms with Crippen LogP contribution in [0, 0.1) is 11.8 Å². The zero-order valence-corrected chi connectivity index (χ0v) is 24.4. The number of fused-ring (bicyclic) bond motifs is 1. The number of allylic oxidation sites excluding steroid dienone is 1. The van der Waals surface area contributed by atoms with E-state index in [2.05, 4.69) is 13.2 Å². The Hall–Kier alpha value is -3.17. The van der Waals surface area contributed by atoms with Crippen LogP contribution in [-0.4, -0.2) is 78.4 Å². The second kappa shape index (κ2) is 13.2. The summed E-state index contributed by atoms with van der Waals surface area (Å²) in [5.41, 5.74) is -1.35. The van der Waals surface area contributed by atoms with Gasteiger partial charge in [0.1, 0.15) is 23.3 Å². The van der Waals surface area contributed by atoms with Crippen molar-refractivity contribution >= 4 is 23.5 Å². The van der Waals surface area contributed by atoms with Crippen LogP contribution in [0.1, 0.15) is 58.3 Å². The van der Waals surface area contributed by atoms with Gasteiger partial charge in [-0.25, -0.2) is 0 Å². The SMILES string of the molecule is C=CCCCOC(=O)[C@@H]1[C@H]2C(=O)N(CCCCCCO)C(C(=O)N(CC=C)c3ccc(OC)cc3)C23CC[C@@]1(C)O3. The van der Waals surface area contributed by atoms with Crippen molar-refractivity contribution in [2.75, 3.05) is 38.3 Å². The van der Waals surface area contributed by atoms with Crippen LogP contribution in [0.25, 0.3) is 0 Å². The largest absolute Gasteiger partial charge is 0.497 e. The summed E-state index contributed by atoms with van der Waals surface area (Å²) in [6.45, 7) is 10.4. The van der Waals surface area contributed by atoms with Crippen molar-refractivity contribution < 1.29 is 33.7 Å². The number of benzene rings is 1. The van der Waals surface area contributed by atoms with E-state index in [9.17, 15) is 14.4 Å². The number of methoxy groups -OCH3 is 1. The Morgan fingerprint density at radius 3 is 2.51 bits per heavy atom. The quantitative estimate of drug-likeness (QED) is 0.182. The molecule has 41 heavy (non-hydrogen) atoms. The Balaban J connectivity index is 1.68. The van der Waals surface area contributed by atoms with E-state index in [4.69, 9.17) is 19.3 Å². The van der Waals surface area contributed by atoms with Crippen molar-refractivity contribution in [3.8, 4) is 5.75 Å². The van der Waals surface area contributed by atoms with Crippen LogP contribution in [-0.2, 0) is 23.9 Å². The molecule has 3 heterocycles. The van der Waals surface area contributed by atoms with Gasteiger partial charge in [-0.3, -0.25) is 14.4 Å². The fourth-order valence-electron chi connectivity index (χ4n) is 6.90. The molecule has 0 aliphatic carbocycles. The molecule has 3 aliphatic rings. The number of esters is 1. The van der Waals surface area contributed by atoms with E-state index < -0.39 is 35.0 Å². The lowest BCUT2D eigenvalue weighted by Gasteiger charge is -2.37. The van der Waals surface area contributed by atoms with Crippen molar-refractivity contribution in [3.63, 3.8) is 0 Å². The molecule has 9 heteroatoms. The Morgan fingerprint density at radius 2 is 1.85 bits per heavy atom. The number of aliphatic hydroxyl groups excluding tert-OH is 1. The number of rotatable bonds is 16. The van der Waals surface area contributed by atoms with Gasteiger partial charge in [0.2, 0.25) is 5.91 Å². The molecule has 224 valence electrons. The molecule has 5 atom stereocenters. The van der Waals surface area contributed by atoms with Gasteiger partial charge in [0, 0.05) is 25.4 Å². The summed E-state index contributed by atoms with van der Waals surface area (Å²) in [5.74, 6) is -1.83. The van der Waals surface area contributed by atoms with Crippen LogP contribution in [0.2, 0.25) is 0 Å². The third kappa shape index (κ3) is 5.79. The molecule has 2 amide bonds. The highest BCUT2D eigenvalue weighted by molar-refractivity contribution is 6.04. The molecule has 3 saturated heterocycles. The fourth-order valence-corrected chi connectivity index (χ4v) is 6.90. The molecule has 4 rings (SSSR count). The minimum absolute atomic E-state index is 0.121. The van der Waals surface area contributed by atoms with Gasteiger partial charge in [-0.1, -0.05) is 25.0 Å². The predicted octanol–water partition coefficient (Wildman–Crippen LogP) is 4.04. The minimum atomic E-state index is -1.12. The van der Waals surface area contributed by atoms with Gasteiger partial charge in [0.05, 0.1) is 25.2 Å². The summed E-state index contributed by atoms with van der Waals surface area (Å²) in [6, 6.07) is 6.30. The molecule has 1 aromatic carbocycles. The van der Waals surface area contributed by atoms with Crippen LogP contribution < -0.4 is 9.64 Å². The van der Waals surface area contributed by atoms with Crippen molar-refractivity contribution in [2.45, 2.75) is 75.5 Å². The molecule has 0 radical (unpaired) electrons. The maximum absolute atomic E-state index is 14.5. The van der Waals surface area contributed by atoms with Crippen LogP contribution >= 0.6 is 0 Å². The number of hydrogen-bond donors (Lipinski definition) is 1. The molecule has 1 spiro atoms. The van der Waals surface area contributed by atoms with Crippen molar-refractivity contribution in [1.82, 2.24) is 4.90 Å². The lowest BCUT2D eigenvalue weighted by atomic mass is 9.66. The molecular weight excluding hydrogens is 524 g/mol. The Morgan fingerprint density at radius 1 is 1.12 bits per heavy atom. The van der Waals surface area contributed by atoms with E-state index in [-0.39, 0.29) is 31.6 Å². The number of carbonyl (C=O) groups is 3. The average Bonchev–Trinajstić information content (AvgIpc) is 3.54. The van der Waals surface area contributed by atoms with Gasteiger partial charge in [-0.2, -0.15) is 0 Å². The van der Waals surface area contributed by atoms with E-state index in [0.29, 0.717) is 50.1 Å². The van der Waals surface area contributed by atoms with Gasteiger partial charge < -0.3 is 29.1 Å². The topological polar surface area (TPSA) is 106 Å². The number of unbranched alkanes of at least 4 members (excludes halogenated alkanes) is 4. The molecular formula is C32H44N2O7. The third-order valence-corrected chi connectivity index (χ3v) is 8.83. The Labute approximate surface area is 243 Å². The lowest BCUT2D eigenvalue weighted by Crippen LogP contribution is -2.56. The van der Waals surface area contributed by atoms with E-state index >= 15 is 0 Å². The van der Waals surface area contributed by atoms with Crippen LogP contribution in [0.15, 0.2) is 49.6 Å². The molecule has 0 saturated carbocycles. The van der Waals surface area contributed by atoms with Crippen LogP contribution in [0.5, 0.6) is 5.75 Å². The summed E-state index contributed by atoms with van der Waals surface area (Å²) in [4.78, 5) is 45.5. The molecule has 3 aliphatic heterocycles. The van der Waals surface area contributed by atoms with Gasteiger partial charge in [0.25, 0.3) is 5.91 Å². The second-order valence-electron chi connectivity index (χ2n) is 11.4. The summed E-state index contributed by atoms with van der Waals surface area (Å²) >= 11 is 0. The summed E-state index contributed by atoms with van der Waals surface area (Å²) < 4.78 is 17.7. The summed E-state index contributed by atoms with van der Waals surface area (Å²) in [7, 11) is 1.58. The zero-order chi connectivity index (χ0) is 29.6. The van der Waals surface area contributed by atoms with Crippen molar-refractivity contribution in [1.29, 1.82) is 0 Å². The first-order valence-electron chi connectivity index (χ1n) is 14.7. The molecule has 2 unspecified atom stereocenters. The van der Waals surface area contributed by atoms with Crippen LogP contribution in [0.4, 0.5) is 5.69 Å². The normalized spacial score (nSPS) is 27.9. The number of ether oxygens (including phenoxy) is 3. The number of hydrogen-bond acceptors (Lipinski definition) is 7. The third-order valence-electron chi connectivity index (χ3n) is 8.83. The number of nitrogens with zero attached hydrogens (tertiary/aromatic N) is 2. The molecule has 9 nitrogen and oxygen atoms in total. The number of aliphatic hydroxyl groups is 1. The highest BCUT2D eigenvalue weighted by atomic mass is 16.6. The zero-order valence-electron chi connectivity index (χ0n) is 24.4. The van der Waals surface area contributed by atoms with E-state index in [1.807, 2.05) is 19.1 Å². The summed E-state index contributed by atoms with van der Waals surface area (Å²) in [5, 5.41) is 9.17. The molecule has 0 aromatic heterocycles. The fraction of sp³-hybridized carbons (Fsp3) is 0.594. The van der Waals surface area contributed by atoms with E-state index in [1.54, 1.807) is 41.2 Å². The molecule has 3 fully saturated rings. The number of likely N-dealkylation sites (tertiary alicyclic amines) is 1. The van der Waals surface area contributed by atoms with Gasteiger partial charge >= 0.3 is 5.97 Å². The smallest absolute Gasteiger partial charge is 0.312 e. The first kappa shape index (κ1) is 30.8. The van der Waals surface area contributed by atoms with E-state index in [1.165, 1.54) is 0 Å². The highest BCUT2D eigenvalue weighted by Crippen LogP contribution is 2.63. The maximum Gasteiger partial charge on any atom is 0.312 e. The molecule has 2 bridgehead atoms. The monoisotopic (exact) mass is 568 g/mol. The molecule has 1 N–H and O–H groups in total. The van der Waals surface area contributed by atoms with Crippen LogP contribution in [0.3, 0.4) is 0 Å². The lowest BCUT2D eigenvalue weighted by molar-refractivity contribution is -0.159. The first-order chi connectivity index (χ1) is 19.8. The summed E-state index contributed by atoms with van der Waals surface area (Å²) in [6.07, 6.45) is 8.88. The van der Waals surface area contributed by atoms with Crippen molar-refractivity contribution in [3.05, 3.63) is 49.6 Å². The highest BCUT2D eigenvalue weighted by Gasteiger charge is 2.78. The average molecular weight is 569 g/mol.